The Bertz CT molecular complexity index is 356. The van der Waals surface area contributed by atoms with Gasteiger partial charge in [0.1, 0.15) is 12.4 Å². The summed E-state index contributed by atoms with van der Waals surface area (Å²) in [4.78, 5) is 0.205. The second-order valence-corrected chi connectivity index (χ2v) is 3.88. The average Bonchev–Trinajstić information content (AvgIpc) is 2.13. The molecule has 2 N–H and O–H groups in total. The third kappa shape index (κ3) is 4.71. The molecule has 16 heavy (non-hydrogen) atoms. The Morgan fingerprint density at radius 2 is 2.00 bits per heavy atom. The first kappa shape index (κ1) is 13.1. The quantitative estimate of drug-likeness (QED) is 0.295. The van der Waals surface area contributed by atoms with E-state index in [2.05, 4.69) is 4.74 Å². The lowest BCUT2D eigenvalue weighted by atomic mass is 10.3. The Morgan fingerprint density at radius 1 is 1.31 bits per heavy atom. The van der Waals surface area contributed by atoms with E-state index >= 15 is 0 Å². The van der Waals surface area contributed by atoms with Crippen molar-refractivity contribution in [2.75, 3.05) is 18.3 Å². The molecule has 0 unspecified atom stereocenters. The van der Waals surface area contributed by atoms with Crippen molar-refractivity contribution in [3.63, 3.8) is 0 Å². The van der Waals surface area contributed by atoms with Crippen LogP contribution in [0.5, 0.6) is 0 Å². The van der Waals surface area contributed by atoms with Crippen molar-refractivity contribution in [1.29, 1.82) is 0 Å². The highest BCUT2D eigenvalue weighted by Crippen LogP contribution is 2.24. The van der Waals surface area contributed by atoms with Gasteiger partial charge in [-0.3, -0.25) is 0 Å². The molecular formula is C9H9F4NOS. The minimum Gasteiger partial charge on any atom is -0.399 e. The highest BCUT2D eigenvalue weighted by atomic mass is 32.2. The summed E-state index contributed by atoms with van der Waals surface area (Å²) >= 11 is 0.844. The number of hydrogen-bond acceptors (Lipinski definition) is 3. The van der Waals surface area contributed by atoms with E-state index in [-0.39, 0.29) is 16.5 Å². The molecule has 1 aromatic rings. The van der Waals surface area contributed by atoms with Gasteiger partial charge in [-0.05, 0) is 18.2 Å². The molecule has 0 spiro atoms. The van der Waals surface area contributed by atoms with Gasteiger partial charge in [0.25, 0.3) is 0 Å². The Balaban J connectivity index is 2.38. The minimum absolute atomic E-state index is 0.205. The van der Waals surface area contributed by atoms with Gasteiger partial charge in [0.15, 0.2) is 0 Å². The summed E-state index contributed by atoms with van der Waals surface area (Å²) in [5.74, 6) is -0.832. The summed E-state index contributed by atoms with van der Waals surface area (Å²) in [5.41, 5.74) is 5.57. The average molecular weight is 255 g/mol. The molecule has 90 valence electrons. The monoisotopic (exact) mass is 255 g/mol. The van der Waals surface area contributed by atoms with E-state index in [0.717, 1.165) is 17.8 Å². The zero-order valence-electron chi connectivity index (χ0n) is 8.05. The zero-order chi connectivity index (χ0) is 12.2. The van der Waals surface area contributed by atoms with Crippen molar-refractivity contribution in [3.8, 4) is 0 Å². The minimum atomic E-state index is -4.36. The maximum Gasteiger partial charge on any atom is 0.411 e. The third-order valence-electron chi connectivity index (χ3n) is 1.52. The molecule has 0 atom stereocenters. The fourth-order valence-corrected chi connectivity index (χ4v) is 1.55. The summed E-state index contributed by atoms with van der Waals surface area (Å²) in [6, 6.07) is 3.97. The first-order valence-electron chi connectivity index (χ1n) is 4.21. The topological polar surface area (TPSA) is 35.2 Å². The molecule has 0 radical (unpaired) electrons. The van der Waals surface area contributed by atoms with E-state index in [1.807, 2.05) is 0 Å². The molecule has 0 bridgehead atoms. The van der Waals surface area contributed by atoms with Gasteiger partial charge in [0.05, 0.1) is 5.94 Å². The number of alkyl halides is 3. The van der Waals surface area contributed by atoms with E-state index in [0.29, 0.717) is 0 Å². The Kier molecular flexibility index (Phi) is 4.43. The molecule has 0 saturated heterocycles. The standard InChI is InChI=1S/C9H9F4NOS/c10-7-3-6(14)1-2-8(7)16-5-15-4-9(11,12)13/h1-3H,4-5,14H2. The van der Waals surface area contributed by atoms with Crippen LogP contribution in [0.25, 0.3) is 0 Å². The molecule has 0 amide bonds. The van der Waals surface area contributed by atoms with E-state index in [1.165, 1.54) is 12.1 Å². The van der Waals surface area contributed by atoms with Crippen molar-refractivity contribution in [2.45, 2.75) is 11.1 Å². The Morgan fingerprint density at radius 3 is 2.56 bits per heavy atom. The van der Waals surface area contributed by atoms with Crippen LogP contribution in [-0.4, -0.2) is 18.7 Å². The molecule has 1 aromatic carbocycles. The molecule has 0 aliphatic heterocycles. The highest BCUT2D eigenvalue weighted by molar-refractivity contribution is 7.99. The van der Waals surface area contributed by atoms with Gasteiger partial charge in [-0.2, -0.15) is 13.2 Å². The second kappa shape index (κ2) is 5.40. The first-order chi connectivity index (χ1) is 7.38. The number of nitrogens with two attached hydrogens (primary N) is 1. The van der Waals surface area contributed by atoms with Crippen LogP contribution < -0.4 is 5.73 Å². The van der Waals surface area contributed by atoms with Crippen LogP contribution in [0, 0.1) is 5.82 Å². The molecule has 0 aliphatic rings. The van der Waals surface area contributed by atoms with E-state index in [9.17, 15) is 17.6 Å². The summed E-state index contributed by atoms with van der Waals surface area (Å²) in [7, 11) is 0. The number of rotatable bonds is 4. The Hall–Kier alpha value is -0.950. The molecule has 2 nitrogen and oxygen atoms in total. The smallest absolute Gasteiger partial charge is 0.399 e. The van der Waals surface area contributed by atoms with Crippen molar-refractivity contribution in [2.24, 2.45) is 0 Å². The van der Waals surface area contributed by atoms with Crippen LogP contribution in [0.2, 0.25) is 0 Å². The molecule has 0 heterocycles. The van der Waals surface area contributed by atoms with Crippen LogP contribution in [0.3, 0.4) is 0 Å². The fourth-order valence-electron chi connectivity index (χ4n) is 0.897. The van der Waals surface area contributed by atoms with Crippen LogP contribution in [0.4, 0.5) is 23.2 Å². The SMILES string of the molecule is Nc1ccc(SCOCC(F)(F)F)c(F)c1. The van der Waals surface area contributed by atoms with E-state index in [1.54, 1.807) is 0 Å². The number of benzene rings is 1. The van der Waals surface area contributed by atoms with Crippen molar-refractivity contribution >= 4 is 17.4 Å². The molecule has 0 saturated carbocycles. The lowest BCUT2D eigenvalue weighted by molar-refractivity contribution is -0.168. The fraction of sp³-hybridized carbons (Fsp3) is 0.333. The molecule has 0 fully saturated rings. The number of ether oxygens (including phenoxy) is 1. The van der Waals surface area contributed by atoms with Crippen molar-refractivity contribution < 1.29 is 22.3 Å². The second-order valence-electron chi connectivity index (χ2n) is 2.92. The van der Waals surface area contributed by atoms with Gasteiger partial charge >= 0.3 is 6.18 Å². The summed E-state index contributed by atoms with van der Waals surface area (Å²) in [6.07, 6.45) is -4.36. The molecule has 0 aromatic heterocycles. The summed E-state index contributed by atoms with van der Waals surface area (Å²) < 4.78 is 52.5. The molecule has 7 heteroatoms. The van der Waals surface area contributed by atoms with Crippen LogP contribution in [0.1, 0.15) is 0 Å². The molecular weight excluding hydrogens is 246 g/mol. The lowest BCUT2D eigenvalue weighted by Crippen LogP contribution is -2.16. The van der Waals surface area contributed by atoms with Gasteiger partial charge in [-0.1, -0.05) is 11.8 Å². The number of thioether (sulfide) groups is 1. The zero-order valence-corrected chi connectivity index (χ0v) is 8.87. The molecule has 1 rings (SSSR count). The van der Waals surface area contributed by atoms with Gasteiger partial charge in [0, 0.05) is 10.6 Å². The van der Waals surface area contributed by atoms with Crippen LogP contribution in [-0.2, 0) is 4.74 Å². The number of nitrogen functional groups attached to an aromatic ring is 1. The maximum absolute atomic E-state index is 13.1. The Labute approximate surface area is 93.8 Å². The first-order valence-corrected chi connectivity index (χ1v) is 5.19. The van der Waals surface area contributed by atoms with Gasteiger partial charge in [-0.15, -0.1) is 0 Å². The number of halogens is 4. The molecule has 0 aliphatic carbocycles. The predicted octanol–water partition coefficient (Wildman–Crippen LogP) is 3.04. The number of hydrogen-bond donors (Lipinski definition) is 1. The summed E-state index contributed by atoms with van der Waals surface area (Å²) in [6.45, 7) is -1.34. The van der Waals surface area contributed by atoms with Crippen molar-refractivity contribution in [1.82, 2.24) is 0 Å². The lowest BCUT2D eigenvalue weighted by Gasteiger charge is -2.07. The van der Waals surface area contributed by atoms with Crippen molar-refractivity contribution in [3.05, 3.63) is 24.0 Å². The van der Waals surface area contributed by atoms with Gasteiger partial charge in [-0.25, -0.2) is 4.39 Å². The third-order valence-corrected chi connectivity index (χ3v) is 2.45. The van der Waals surface area contributed by atoms with Gasteiger partial charge < -0.3 is 10.5 Å². The number of anilines is 1. The van der Waals surface area contributed by atoms with Crippen LogP contribution in [0.15, 0.2) is 23.1 Å². The summed E-state index contributed by atoms with van der Waals surface area (Å²) in [5, 5.41) is 0. The normalized spacial score (nSPS) is 11.8. The predicted molar refractivity (Wildman–Crippen MR) is 53.5 cm³/mol. The van der Waals surface area contributed by atoms with E-state index in [4.69, 9.17) is 5.73 Å². The van der Waals surface area contributed by atoms with E-state index < -0.39 is 18.6 Å². The largest absolute Gasteiger partial charge is 0.411 e. The van der Waals surface area contributed by atoms with Gasteiger partial charge in [0.2, 0.25) is 0 Å². The highest BCUT2D eigenvalue weighted by Gasteiger charge is 2.27. The maximum atomic E-state index is 13.1. The van der Waals surface area contributed by atoms with Crippen LogP contribution >= 0.6 is 11.8 Å².